The Labute approximate surface area is 146 Å². The SMILES string of the molecule is COc1cc(C(=O)NS(=O)(=O)c2cc(C)ccc2C)nnc1C1CC1. The normalized spacial score (nSPS) is 14.2. The summed E-state index contributed by atoms with van der Waals surface area (Å²) in [7, 11) is -2.52. The van der Waals surface area contributed by atoms with Crippen molar-refractivity contribution in [1.82, 2.24) is 14.9 Å². The minimum absolute atomic E-state index is 0.0652. The number of sulfonamides is 1. The molecule has 25 heavy (non-hydrogen) atoms. The number of aromatic nitrogens is 2. The van der Waals surface area contributed by atoms with Crippen LogP contribution in [0.4, 0.5) is 0 Å². The van der Waals surface area contributed by atoms with Crippen molar-refractivity contribution in [3.8, 4) is 5.75 Å². The topological polar surface area (TPSA) is 98.2 Å². The number of nitrogens with zero attached hydrogens (tertiary/aromatic N) is 2. The second kappa shape index (κ2) is 6.44. The van der Waals surface area contributed by atoms with Crippen LogP contribution in [-0.2, 0) is 10.0 Å². The third-order valence-electron chi connectivity index (χ3n) is 4.06. The highest BCUT2D eigenvalue weighted by atomic mass is 32.2. The highest BCUT2D eigenvalue weighted by molar-refractivity contribution is 7.90. The van der Waals surface area contributed by atoms with E-state index in [1.807, 2.05) is 10.8 Å². The Bertz CT molecular complexity index is 937. The number of methoxy groups -OCH3 is 1. The molecule has 0 unspecified atom stereocenters. The molecule has 0 atom stereocenters. The van der Waals surface area contributed by atoms with Gasteiger partial charge in [0.25, 0.3) is 15.9 Å². The quantitative estimate of drug-likeness (QED) is 0.876. The first-order chi connectivity index (χ1) is 11.8. The third kappa shape index (κ3) is 3.63. The van der Waals surface area contributed by atoms with Gasteiger partial charge >= 0.3 is 0 Å². The van der Waals surface area contributed by atoms with Crippen LogP contribution in [0.2, 0.25) is 0 Å². The molecular weight excluding hydrogens is 342 g/mol. The van der Waals surface area contributed by atoms with Crippen molar-refractivity contribution in [3.05, 3.63) is 46.8 Å². The van der Waals surface area contributed by atoms with Gasteiger partial charge in [0.15, 0.2) is 5.69 Å². The molecule has 8 heteroatoms. The molecular formula is C17H19N3O4S. The molecule has 0 aliphatic heterocycles. The van der Waals surface area contributed by atoms with E-state index in [-0.39, 0.29) is 10.6 Å². The predicted octanol–water partition coefficient (Wildman–Crippen LogP) is 2.10. The van der Waals surface area contributed by atoms with Gasteiger partial charge in [0.05, 0.1) is 12.0 Å². The lowest BCUT2D eigenvalue weighted by Gasteiger charge is -2.11. The van der Waals surface area contributed by atoms with Gasteiger partial charge in [-0.25, -0.2) is 13.1 Å². The number of amides is 1. The minimum atomic E-state index is -4.00. The number of nitrogens with one attached hydrogen (secondary N) is 1. The Balaban J connectivity index is 1.87. The summed E-state index contributed by atoms with van der Waals surface area (Å²) in [6.45, 7) is 3.46. The zero-order valence-electron chi connectivity index (χ0n) is 14.2. The molecule has 1 amide bonds. The van der Waals surface area contributed by atoms with Crippen LogP contribution in [0.3, 0.4) is 0 Å². The standard InChI is InChI=1S/C17H19N3O4S/c1-10-4-5-11(2)15(8-10)25(22,23)20-17(21)13-9-14(24-3)16(19-18-13)12-6-7-12/h4-5,8-9,12H,6-7H2,1-3H3,(H,20,21). The van der Waals surface area contributed by atoms with Gasteiger partial charge < -0.3 is 4.74 Å². The van der Waals surface area contributed by atoms with Crippen molar-refractivity contribution in [2.24, 2.45) is 0 Å². The fourth-order valence-electron chi connectivity index (χ4n) is 2.52. The summed E-state index contributed by atoms with van der Waals surface area (Å²) in [5.41, 5.74) is 1.94. The lowest BCUT2D eigenvalue weighted by atomic mass is 10.2. The molecule has 0 saturated heterocycles. The first-order valence-corrected chi connectivity index (χ1v) is 9.36. The van der Waals surface area contributed by atoms with Crippen molar-refractivity contribution >= 4 is 15.9 Å². The van der Waals surface area contributed by atoms with Gasteiger partial charge in [-0.1, -0.05) is 12.1 Å². The molecule has 1 heterocycles. The van der Waals surface area contributed by atoms with Crippen molar-refractivity contribution < 1.29 is 17.9 Å². The van der Waals surface area contributed by atoms with E-state index in [4.69, 9.17) is 4.74 Å². The van der Waals surface area contributed by atoms with Crippen LogP contribution in [0.25, 0.3) is 0 Å². The Morgan fingerprint density at radius 2 is 1.92 bits per heavy atom. The third-order valence-corrected chi connectivity index (χ3v) is 5.54. The molecule has 3 rings (SSSR count). The van der Waals surface area contributed by atoms with Gasteiger partial charge in [-0.15, -0.1) is 5.10 Å². The fourth-order valence-corrected chi connectivity index (χ4v) is 3.82. The van der Waals surface area contributed by atoms with Gasteiger partial charge in [0.2, 0.25) is 0 Å². The van der Waals surface area contributed by atoms with E-state index in [9.17, 15) is 13.2 Å². The lowest BCUT2D eigenvalue weighted by molar-refractivity contribution is 0.0975. The number of benzene rings is 1. The molecule has 0 spiro atoms. The van der Waals surface area contributed by atoms with Crippen molar-refractivity contribution in [2.45, 2.75) is 37.5 Å². The fraction of sp³-hybridized carbons (Fsp3) is 0.353. The number of rotatable bonds is 5. The largest absolute Gasteiger partial charge is 0.495 e. The van der Waals surface area contributed by atoms with Gasteiger partial charge in [-0.05, 0) is 43.9 Å². The number of hydrogen-bond donors (Lipinski definition) is 1. The molecule has 132 valence electrons. The van der Waals surface area contributed by atoms with Crippen LogP contribution < -0.4 is 9.46 Å². The van der Waals surface area contributed by atoms with Gasteiger partial charge in [-0.2, -0.15) is 5.10 Å². The Hall–Kier alpha value is -2.48. The average molecular weight is 361 g/mol. The zero-order chi connectivity index (χ0) is 18.2. The molecule has 7 nitrogen and oxygen atoms in total. The number of ether oxygens (including phenoxy) is 1. The van der Waals surface area contributed by atoms with Gasteiger partial charge in [0.1, 0.15) is 11.4 Å². The van der Waals surface area contributed by atoms with Gasteiger partial charge in [-0.3, -0.25) is 4.79 Å². The van der Waals surface area contributed by atoms with Crippen LogP contribution in [0.15, 0.2) is 29.2 Å². The maximum atomic E-state index is 12.5. The molecule has 1 aromatic carbocycles. The molecule has 0 bridgehead atoms. The summed E-state index contributed by atoms with van der Waals surface area (Å²) < 4.78 is 32.3. The summed E-state index contributed by atoms with van der Waals surface area (Å²) in [4.78, 5) is 12.4. The summed E-state index contributed by atoms with van der Waals surface area (Å²) in [6.07, 6.45) is 2.02. The molecule has 1 fully saturated rings. The Morgan fingerprint density at radius 1 is 1.20 bits per heavy atom. The first-order valence-electron chi connectivity index (χ1n) is 7.88. The maximum Gasteiger partial charge on any atom is 0.285 e. The Morgan fingerprint density at radius 3 is 2.56 bits per heavy atom. The number of carbonyl (C=O) groups is 1. The van der Waals surface area contributed by atoms with Crippen LogP contribution in [0, 0.1) is 13.8 Å². The summed E-state index contributed by atoms with van der Waals surface area (Å²) in [6, 6.07) is 6.45. The second-order valence-electron chi connectivity index (χ2n) is 6.16. The van der Waals surface area contributed by atoms with E-state index in [1.54, 1.807) is 19.9 Å². The van der Waals surface area contributed by atoms with Gasteiger partial charge in [0, 0.05) is 12.0 Å². The number of aryl methyl sites for hydroxylation is 2. The van der Waals surface area contributed by atoms with E-state index < -0.39 is 15.9 Å². The van der Waals surface area contributed by atoms with Crippen LogP contribution in [0.5, 0.6) is 5.75 Å². The molecule has 1 saturated carbocycles. The average Bonchev–Trinajstić information content (AvgIpc) is 3.40. The zero-order valence-corrected chi connectivity index (χ0v) is 15.1. The van der Waals surface area contributed by atoms with E-state index in [0.717, 1.165) is 18.4 Å². The number of hydrogen-bond acceptors (Lipinski definition) is 6. The molecule has 1 aliphatic carbocycles. The summed E-state index contributed by atoms with van der Waals surface area (Å²) in [5.74, 6) is -0.0842. The molecule has 2 aromatic rings. The highest BCUT2D eigenvalue weighted by Crippen LogP contribution is 2.42. The van der Waals surface area contributed by atoms with E-state index >= 15 is 0 Å². The first kappa shape index (κ1) is 17.3. The van der Waals surface area contributed by atoms with E-state index in [0.29, 0.717) is 22.9 Å². The van der Waals surface area contributed by atoms with Crippen molar-refractivity contribution in [3.63, 3.8) is 0 Å². The summed E-state index contributed by atoms with van der Waals surface area (Å²) >= 11 is 0. The maximum absolute atomic E-state index is 12.5. The molecule has 0 radical (unpaired) electrons. The van der Waals surface area contributed by atoms with Crippen LogP contribution >= 0.6 is 0 Å². The molecule has 1 aromatic heterocycles. The van der Waals surface area contributed by atoms with Crippen molar-refractivity contribution in [1.29, 1.82) is 0 Å². The van der Waals surface area contributed by atoms with E-state index in [2.05, 4.69) is 10.2 Å². The van der Waals surface area contributed by atoms with Crippen molar-refractivity contribution in [2.75, 3.05) is 7.11 Å². The predicted molar refractivity (Wildman–Crippen MR) is 91.1 cm³/mol. The smallest absolute Gasteiger partial charge is 0.285 e. The number of carbonyl (C=O) groups excluding carboxylic acids is 1. The van der Waals surface area contributed by atoms with E-state index in [1.165, 1.54) is 19.2 Å². The lowest BCUT2D eigenvalue weighted by Crippen LogP contribution is -2.32. The molecule has 1 N–H and O–H groups in total. The van der Waals surface area contributed by atoms with Crippen LogP contribution in [0.1, 0.15) is 46.1 Å². The highest BCUT2D eigenvalue weighted by Gasteiger charge is 2.30. The Kier molecular flexibility index (Phi) is 4.47. The summed E-state index contributed by atoms with van der Waals surface area (Å²) in [5, 5.41) is 7.90. The molecule has 1 aliphatic rings. The van der Waals surface area contributed by atoms with Crippen LogP contribution in [-0.4, -0.2) is 31.6 Å². The minimum Gasteiger partial charge on any atom is -0.495 e. The second-order valence-corrected chi connectivity index (χ2v) is 7.81. The monoisotopic (exact) mass is 361 g/mol.